The fourth-order valence-corrected chi connectivity index (χ4v) is 2.34. The van der Waals surface area contributed by atoms with Crippen LogP contribution in [0, 0.1) is 5.92 Å². The van der Waals surface area contributed by atoms with E-state index in [9.17, 15) is 0 Å². The Bertz CT molecular complexity index is 343. The molecule has 0 aromatic heterocycles. The largest absolute Gasteiger partial charge is 0.493 e. The van der Waals surface area contributed by atoms with Crippen LogP contribution in [0.3, 0.4) is 0 Å². The topological polar surface area (TPSA) is 9.23 Å². The van der Waals surface area contributed by atoms with Gasteiger partial charge in [-0.3, -0.25) is 0 Å². The van der Waals surface area contributed by atoms with Crippen molar-refractivity contribution in [3.05, 3.63) is 29.8 Å². The third-order valence-corrected chi connectivity index (χ3v) is 3.55. The number of benzene rings is 1. The molecule has 0 aliphatic carbocycles. The Morgan fingerprint density at radius 2 is 1.65 bits per heavy atom. The summed E-state index contributed by atoms with van der Waals surface area (Å²) in [5.74, 6) is 1.61. The van der Waals surface area contributed by atoms with Gasteiger partial charge in [0.1, 0.15) is 5.75 Å². The quantitative estimate of drug-likeness (QED) is 0.449. The van der Waals surface area contributed by atoms with Gasteiger partial charge in [0.25, 0.3) is 0 Å². The normalized spacial score (nSPS) is 11.0. The van der Waals surface area contributed by atoms with E-state index in [0.29, 0.717) is 5.92 Å². The molecule has 0 radical (unpaired) electrons. The van der Waals surface area contributed by atoms with Crippen molar-refractivity contribution < 1.29 is 4.74 Å². The molecule has 0 saturated carbocycles. The molecule has 20 heavy (non-hydrogen) atoms. The summed E-state index contributed by atoms with van der Waals surface area (Å²) >= 11 is 0. The van der Waals surface area contributed by atoms with Gasteiger partial charge in [-0.25, -0.2) is 0 Å². The highest BCUT2D eigenvalue weighted by Crippen LogP contribution is 2.17. The van der Waals surface area contributed by atoms with Crippen LogP contribution in [0.4, 0.5) is 0 Å². The van der Waals surface area contributed by atoms with Crippen LogP contribution in [0.2, 0.25) is 0 Å². The molecule has 0 N–H and O–H groups in total. The molecule has 1 heteroatoms. The van der Waals surface area contributed by atoms with E-state index in [1.165, 1.54) is 56.9 Å². The summed E-state index contributed by atoms with van der Waals surface area (Å²) in [5, 5.41) is 0. The van der Waals surface area contributed by atoms with Crippen LogP contribution in [0.15, 0.2) is 24.3 Å². The molecular weight excluding hydrogens is 244 g/mol. The number of ether oxygens (including phenoxy) is 1. The van der Waals surface area contributed by atoms with Crippen molar-refractivity contribution in [3.8, 4) is 5.75 Å². The SMILES string of the molecule is CCCCCCCCCc1cccc(OCC(C)C)c1. The second kappa shape index (κ2) is 10.8. The van der Waals surface area contributed by atoms with Crippen molar-refractivity contribution in [2.24, 2.45) is 5.92 Å². The molecule has 0 heterocycles. The summed E-state index contributed by atoms with van der Waals surface area (Å²) < 4.78 is 5.78. The Balaban J connectivity index is 2.18. The Kier molecular flexibility index (Phi) is 9.19. The van der Waals surface area contributed by atoms with E-state index in [-0.39, 0.29) is 0 Å². The van der Waals surface area contributed by atoms with Crippen LogP contribution in [-0.4, -0.2) is 6.61 Å². The molecule has 0 unspecified atom stereocenters. The Hall–Kier alpha value is -0.980. The van der Waals surface area contributed by atoms with Crippen LogP contribution in [0.25, 0.3) is 0 Å². The first-order chi connectivity index (χ1) is 9.72. The average molecular weight is 276 g/mol. The van der Waals surface area contributed by atoms with Crippen molar-refractivity contribution >= 4 is 0 Å². The summed E-state index contributed by atoms with van der Waals surface area (Å²) in [7, 11) is 0. The molecule has 0 spiro atoms. The van der Waals surface area contributed by atoms with Gasteiger partial charge in [-0.2, -0.15) is 0 Å². The van der Waals surface area contributed by atoms with Crippen LogP contribution in [0.5, 0.6) is 5.75 Å². The maximum atomic E-state index is 5.78. The summed E-state index contributed by atoms with van der Waals surface area (Å²) in [6.45, 7) is 7.44. The minimum Gasteiger partial charge on any atom is -0.493 e. The van der Waals surface area contributed by atoms with Gasteiger partial charge in [-0.05, 0) is 36.5 Å². The molecule has 0 bridgehead atoms. The van der Waals surface area contributed by atoms with E-state index in [1.54, 1.807) is 0 Å². The molecule has 0 amide bonds. The van der Waals surface area contributed by atoms with E-state index in [0.717, 1.165) is 12.4 Å². The minimum absolute atomic E-state index is 0.585. The van der Waals surface area contributed by atoms with Gasteiger partial charge >= 0.3 is 0 Å². The number of unbranched alkanes of at least 4 members (excludes halogenated alkanes) is 6. The van der Waals surface area contributed by atoms with E-state index < -0.39 is 0 Å². The van der Waals surface area contributed by atoms with Gasteiger partial charge in [-0.1, -0.05) is 71.4 Å². The molecular formula is C19H32O. The Labute approximate surface area is 125 Å². The smallest absolute Gasteiger partial charge is 0.119 e. The lowest BCUT2D eigenvalue weighted by atomic mass is 10.0. The summed E-state index contributed by atoms with van der Waals surface area (Å²) in [5.41, 5.74) is 1.42. The number of hydrogen-bond acceptors (Lipinski definition) is 1. The first-order valence-corrected chi connectivity index (χ1v) is 8.44. The monoisotopic (exact) mass is 276 g/mol. The Morgan fingerprint density at radius 1 is 0.950 bits per heavy atom. The van der Waals surface area contributed by atoms with E-state index in [1.807, 2.05) is 0 Å². The van der Waals surface area contributed by atoms with Crippen molar-refractivity contribution in [2.45, 2.75) is 72.1 Å². The average Bonchev–Trinajstić information content (AvgIpc) is 2.45. The van der Waals surface area contributed by atoms with Crippen molar-refractivity contribution in [1.82, 2.24) is 0 Å². The molecule has 0 saturated heterocycles. The molecule has 1 nitrogen and oxygen atoms in total. The summed E-state index contributed by atoms with van der Waals surface area (Å²) in [4.78, 5) is 0. The van der Waals surface area contributed by atoms with Gasteiger partial charge in [0.2, 0.25) is 0 Å². The molecule has 1 aromatic carbocycles. The van der Waals surface area contributed by atoms with Crippen molar-refractivity contribution in [3.63, 3.8) is 0 Å². The number of hydrogen-bond donors (Lipinski definition) is 0. The van der Waals surface area contributed by atoms with Crippen molar-refractivity contribution in [2.75, 3.05) is 6.61 Å². The van der Waals surface area contributed by atoms with Crippen molar-refractivity contribution in [1.29, 1.82) is 0 Å². The highest BCUT2D eigenvalue weighted by atomic mass is 16.5. The maximum absolute atomic E-state index is 5.78. The molecule has 0 aliphatic rings. The third-order valence-electron chi connectivity index (χ3n) is 3.55. The van der Waals surface area contributed by atoms with E-state index in [4.69, 9.17) is 4.74 Å². The van der Waals surface area contributed by atoms with Gasteiger partial charge in [0, 0.05) is 0 Å². The summed E-state index contributed by atoms with van der Waals surface area (Å²) in [6.07, 6.45) is 10.8. The number of rotatable bonds is 11. The van der Waals surface area contributed by atoms with Crippen LogP contribution >= 0.6 is 0 Å². The second-order valence-electron chi connectivity index (χ2n) is 6.22. The van der Waals surface area contributed by atoms with E-state index in [2.05, 4.69) is 45.0 Å². The predicted octanol–water partition coefficient (Wildman–Crippen LogP) is 6.01. The molecule has 0 aliphatic heterocycles. The lowest BCUT2D eigenvalue weighted by Crippen LogP contribution is -2.04. The minimum atomic E-state index is 0.585. The Morgan fingerprint density at radius 3 is 2.35 bits per heavy atom. The van der Waals surface area contributed by atoms with Crippen LogP contribution < -0.4 is 4.74 Å². The zero-order valence-corrected chi connectivity index (χ0v) is 13.7. The first kappa shape index (κ1) is 17.1. The molecule has 1 rings (SSSR count). The first-order valence-electron chi connectivity index (χ1n) is 8.44. The fourth-order valence-electron chi connectivity index (χ4n) is 2.34. The van der Waals surface area contributed by atoms with Gasteiger partial charge in [0.05, 0.1) is 6.61 Å². The molecule has 0 atom stereocenters. The summed E-state index contributed by atoms with van der Waals surface area (Å²) in [6, 6.07) is 8.61. The number of aryl methyl sites for hydroxylation is 1. The lowest BCUT2D eigenvalue weighted by Gasteiger charge is -2.10. The highest BCUT2D eigenvalue weighted by Gasteiger charge is 1.99. The zero-order valence-electron chi connectivity index (χ0n) is 13.7. The van der Waals surface area contributed by atoms with Crippen LogP contribution in [0.1, 0.15) is 71.3 Å². The zero-order chi connectivity index (χ0) is 14.6. The van der Waals surface area contributed by atoms with Crippen LogP contribution in [-0.2, 0) is 6.42 Å². The molecule has 0 fully saturated rings. The predicted molar refractivity (Wildman–Crippen MR) is 88.5 cm³/mol. The fraction of sp³-hybridized carbons (Fsp3) is 0.684. The maximum Gasteiger partial charge on any atom is 0.119 e. The highest BCUT2D eigenvalue weighted by molar-refractivity contribution is 5.28. The second-order valence-corrected chi connectivity index (χ2v) is 6.22. The van der Waals surface area contributed by atoms with Gasteiger partial charge < -0.3 is 4.74 Å². The lowest BCUT2D eigenvalue weighted by molar-refractivity contribution is 0.271. The van der Waals surface area contributed by atoms with Gasteiger partial charge in [-0.15, -0.1) is 0 Å². The standard InChI is InChI=1S/C19H32O/c1-4-5-6-7-8-9-10-12-18-13-11-14-19(15-18)20-16-17(2)3/h11,13-15,17H,4-10,12,16H2,1-3H3. The third kappa shape index (κ3) is 8.24. The van der Waals surface area contributed by atoms with E-state index >= 15 is 0 Å². The molecule has 1 aromatic rings. The molecule has 114 valence electrons. The van der Waals surface area contributed by atoms with Gasteiger partial charge in [0.15, 0.2) is 0 Å².